The standard InChI is InChI=1S/C19H21N3O3/c1-12-13-4-2-6-15(13)22-17(21-12)8-9-20-19(23)14-5-3-7-16-18(14)25-11-10-24-16/h3,5,7H,2,4,6,8-11H2,1H3,(H,20,23). The largest absolute Gasteiger partial charge is 0.486 e. The van der Waals surface area contributed by atoms with Crippen molar-refractivity contribution in [2.45, 2.75) is 32.6 Å². The van der Waals surface area contributed by atoms with Gasteiger partial charge in [0.1, 0.15) is 19.0 Å². The highest BCUT2D eigenvalue weighted by molar-refractivity contribution is 5.97. The Morgan fingerprint density at radius 2 is 2.08 bits per heavy atom. The van der Waals surface area contributed by atoms with E-state index in [0.717, 1.165) is 30.8 Å². The minimum absolute atomic E-state index is 0.166. The summed E-state index contributed by atoms with van der Waals surface area (Å²) in [5.74, 6) is 1.78. The van der Waals surface area contributed by atoms with Gasteiger partial charge in [0.2, 0.25) is 0 Å². The zero-order valence-electron chi connectivity index (χ0n) is 14.3. The number of aryl methyl sites for hydroxylation is 2. The summed E-state index contributed by atoms with van der Waals surface area (Å²) in [4.78, 5) is 21.7. The van der Waals surface area contributed by atoms with Crippen LogP contribution < -0.4 is 14.8 Å². The van der Waals surface area contributed by atoms with Crippen LogP contribution in [0.1, 0.15) is 39.6 Å². The van der Waals surface area contributed by atoms with Crippen LogP contribution in [0, 0.1) is 6.92 Å². The van der Waals surface area contributed by atoms with E-state index in [-0.39, 0.29) is 5.91 Å². The summed E-state index contributed by atoms with van der Waals surface area (Å²) in [6, 6.07) is 5.36. The van der Waals surface area contributed by atoms with Crippen LogP contribution in [0.2, 0.25) is 0 Å². The van der Waals surface area contributed by atoms with E-state index in [2.05, 4.69) is 15.3 Å². The number of hydrogen-bond donors (Lipinski definition) is 1. The molecule has 0 atom stereocenters. The molecule has 2 heterocycles. The summed E-state index contributed by atoms with van der Waals surface area (Å²) in [6.07, 6.45) is 3.89. The van der Waals surface area contributed by atoms with Crippen molar-refractivity contribution in [1.82, 2.24) is 15.3 Å². The zero-order valence-corrected chi connectivity index (χ0v) is 14.3. The molecule has 0 saturated heterocycles. The highest BCUT2D eigenvalue weighted by Crippen LogP contribution is 2.33. The van der Waals surface area contributed by atoms with Gasteiger partial charge >= 0.3 is 0 Å². The molecule has 1 aromatic carbocycles. The maximum absolute atomic E-state index is 12.5. The van der Waals surface area contributed by atoms with Crippen LogP contribution in [-0.2, 0) is 19.3 Å². The lowest BCUT2D eigenvalue weighted by Gasteiger charge is -2.20. The predicted molar refractivity (Wildman–Crippen MR) is 92.3 cm³/mol. The molecule has 0 bridgehead atoms. The molecule has 25 heavy (non-hydrogen) atoms. The molecule has 4 rings (SSSR count). The molecule has 0 spiro atoms. The predicted octanol–water partition coefficient (Wildman–Crippen LogP) is 2.02. The van der Waals surface area contributed by atoms with Crippen LogP contribution in [0.3, 0.4) is 0 Å². The van der Waals surface area contributed by atoms with Gasteiger partial charge in [-0.3, -0.25) is 4.79 Å². The second kappa shape index (κ2) is 6.70. The van der Waals surface area contributed by atoms with Gasteiger partial charge in [0, 0.05) is 24.4 Å². The van der Waals surface area contributed by atoms with Crippen LogP contribution in [0.25, 0.3) is 0 Å². The van der Waals surface area contributed by atoms with E-state index in [1.165, 1.54) is 11.3 Å². The Labute approximate surface area is 146 Å². The molecular weight excluding hydrogens is 318 g/mol. The first-order chi connectivity index (χ1) is 12.2. The third-order valence-corrected chi connectivity index (χ3v) is 4.63. The summed E-state index contributed by atoms with van der Waals surface area (Å²) >= 11 is 0. The molecule has 1 amide bonds. The van der Waals surface area contributed by atoms with E-state index < -0.39 is 0 Å². The van der Waals surface area contributed by atoms with Crippen molar-refractivity contribution in [1.29, 1.82) is 0 Å². The molecule has 1 N–H and O–H groups in total. The number of ether oxygens (including phenoxy) is 2. The van der Waals surface area contributed by atoms with Gasteiger partial charge in [0.05, 0.1) is 5.56 Å². The summed E-state index contributed by atoms with van der Waals surface area (Å²) in [5, 5.41) is 2.93. The summed E-state index contributed by atoms with van der Waals surface area (Å²) in [6.45, 7) is 3.50. The van der Waals surface area contributed by atoms with E-state index in [9.17, 15) is 4.79 Å². The van der Waals surface area contributed by atoms with Gasteiger partial charge in [-0.15, -0.1) is 0 Å². The number of carbonyl (C=O) groups excluding carboxylic acids is 1. The smallest absolute Gasteiger partial charge is 0.255 e. The lowest BCUT2D eigenvalue weighted by atomic mass is 10.1. The first kappa shape index (κ1) is 15.9. The van der Waals surface area contributed by atoms with Gasteiger partial charge < -0.3 is 14.8 Å². The fourth-order valence-electron chi connectivity index (χ4n) is 3.43. The molecule has 2 aromatic rings. The highest BCUT2D eigenvalue weighted by Gasteiger charge is 2.20. The SMILES string of the molecule is Cc1nc(CCNC(=O)c2cccc3c2OCCO3)nc2c1CCC2. The molecule has 0 radical (unpaired) electrons. The van der Waals surface area contributed by atoms with E-state index in [1.54, 1.807) is 12.1 Å². The number of nitrogens with zero attached hydrogens (tertiary/aromatic N) is 2. The van der Waals surface area contributed by atoms with Crippen molar-refractivity contribution in [2.75, 3.05) is 19.8 Å². The lowest BCUT2D eigenvalue weighted by Crippen LogP contribution is -2.28. The molecule has 1 aliphatic heterocycles. The van der Waals surface area contributed by atoms with Crippen molar-refractivity contribution in [3.63, 3.8) is 0 Å². The van der Waals surface area contributed by atoms with Gasteiger partial charge in [-0.05, 0) is 43.9 Å². The third-order valence-electron chi connectivity index (χ3n) is 4.63. The molecular formula is C19H21N3O3. The van der Waals surface area contributed by atoms with Crippen molar-refractivity contribution >= 4 is 5.91 Å². The number of rotatable bonds is 4. The van der Waals surface area contributed by atoms with E-state index in [0.29, 0.717) is 43.2 Å². The summed E-state index contributed by atoms with van der Waals surface area (Å²) in [5.41, 5.74) is 4.06. The molecule has 0 fully saturated rings. The van der Waals surface area contributed by atoms with Gasteiger partial charge in [-0.25, -0.2) is 9.97 Å². The first-order valence-electron chi connectivity index (χ1n) is 8.74. The Morgan fingerprint density at radius 3 is 3.00 bits per heavy atom. The number of benzene rings is 1. The van der Waals surface area contributed by atoms with Gasteiger partial charge in [-0.1, -0.05) is 6.07 Å². The fraction of sp³-hybridized carbons (Fsp3) is 0.421. The second-order valence-electron chi connectivity index (χ2n) is 6.34. The van der Waals surface area contributed by atoms with Gasteiger partial charge in [0.25, 0.3) is 5.91 Å². The molecule has 1 aromatic heterocycles. The molecule has 1 aliphatic carbocycles. The van der Waals surface area contributed by atoms with Crippen LogP contribution in [-0.4, -0.2) is 35.6 Å². The number of fused-ring (bicyclic) bond motifs is 2. The monoisotopic (exact) mass is 339 g/mol. The van der Waals surface area contributed by atoms with E-state index >= 15 is 0 Å². The number of aromatic nitrogens is 2. The zero-order chi connectivity index (χ0) is 17.2. The topological polar surface area (TPSA) is 73.3 Å². The number of amides is 1. The number of hydrogen-bond acceptors (Lipinski definition) is 5. The molecule has 0 saturated carbocycles. The minimum Gasteiger partial charge on any atom is -0.486 e. The Morgan fingerprint density at radius 1 is 1.20 bits per heavy atom. The minimum atomic E-state index is -0.166. The summed E-state index contributed by atoms with van der Waals surface area (Å²) < 4.78 is 11.1. The van der Waals surface area contributed by atoms with Crippen LogP contribution in [0.5, 0.6) is 11.5 Å². The lowest BCUT2D eigenvalue weighted by molar-refractivity contribution is 0.0943. The van der Waals surface area contributed by atoms with Crippen LogP contribution in [0.15, 0.2) is 18.2 Å². The average molecular weight is 339 g/mol. The van der Waals surface area contributed by atoms with Crippen molar-refractivity contribution in [3.8, 4) is 11.5 Å². The highest BCUT2D eigenvalue weighted by atomic mass is 16.6. The van der Waals surface area contributed by atoms with Crippen molar-refractivity contribution < 1.29 is 14.3 Å². The molecule has 130 valence electrons. The molecule has 2 aliphatic rings. The Hall–Kier alpha value is -2.63. The number of nitrogens with one attached hydrogen (secondary N) is 1. The molecule has 0 unspecified atom stereocenters. The van der Waals surface area contributed by atoms with Crippen molar-refractivity contribution in [3.05, 3.63) is 46.5 Å². The quantitative estimate of drug-likeness (QED) is 0.922. The number of para-hydroxylation sites is 1. The second-order valence-corrected chi connectivity index (χ2v) is 6.34. The van der Waals surface area contributed by atoms with Crippen LogP contribution >= 0.6 is 0 Å². The number of carbonyl (C=O) groups is 1. The normalized spacial score (nSPS) is 14.9. The van der Waals surface area contributed by atoms with Gasteiger partial charge in [0.15, 0.2) is 11.5 Å². The Bertz CT molecular complexity index is 820. The average Bonchev–Trinajstić information content (AvgIpc) is 3.10. The first-order valence-corrected chi connectivity index (χ1v) is 8.74. The molecule has 6 nitrogen and oxygen atoms in total. The van der Waals surface area contributed by atoms with E-state index in [4.69, 9.17) is 9.47 Å². The van der Waals surface area contributed by atoms with Crippen molar-refractivity contribution in [2.24, 2.45) is 0 Å². The third kappa shape index (κ3) is 3.16. The Kier molecular flexibility index (Phi) is 4.26. The maximum Gasteiger partial charge on any atom is 0.255 e. The Balaban J connectivity index is 1.41. The van der Waals surface area contributed by atoms with Crippen LogP contribution in [0.4, 0.5) is 0 Å². The van der Waals surface area contributed by atoms with E-state index in [1.807, 2.05) is 13.0 Å². The molecule has 6 heteroatoms. The maximum atomic E-state index is 12.5. The summed E-state index contributed by atoms with van der Waals surface area (Å²) in [7, 11) is 0. The fourth-order valence-corrected chi connectivity index (χ4v) is 3.43. The van der Waals surface area contributed by atoms with Gasteiger partial charge in [-0.2, -0.15) is 0 Å².